The first kappa shape index (κ1) is 23.4. The number of hydrogen-bond donors (Lipinski definition) is 2. The van der Waals surface area contributed by atoms with Gasteiger partial charge in [0.2, 0.25) is 11.8 Å². The van der Waals surface area contributed by atoms with E-state index in [1.165, 1.54) is 4.90 Å². The van der Waals surface area contributed by atoms with E-state index in [1.54, 1.807) is 20.8 Å². The third-order valence-corrected chi connectivity index (χ3v) is 4.66. The molecule has 1 aromatic rings. The van der Waals surface area contributed by atoms with Crippen molar-refractivity contribution in [2.45, 2.75) is 65.3 Å². The fraction of sp³-hybridized carbons (Fsp3) is 0.522. The zero-order chi connectivity index (χ0) is 22.3. The number of alkyl carbamates (subject to hydrolysis) is 1. The molecule has 30 heavy (non-hydrogen) atoms. The maximum atomic E-state index is 13.2. The zero-order valence-electron chi connectivity index (χ0n) is 18.5. The van der Waals surface area contributed by atoms with Crippen molar-refractivity contribution in [1.29, 1.82) is 0 Å². The Balaban J connectivity index is 2.11. The molecule has 7 nitrogen and oxygen atoms in total. The molecule has 0 saturated carbocycles. The SMILES string of the molecule is CC(C)C(C(=O)NCc1ccccc1)N1CC=CCC(NC(=O)OC(C)(C)C)C1=O. The van der Waals surface area contributed by atoms with Gasteiger partial charge >= 0.3 is 6.09 Å². The van der Waals surface area contributed by atoms with Crippen LogP contribution in [0.2, 0.25) is 0 Å². The van der Waals surface area contributed by atoms with Crippen molar-refractivity contribution >= 4 is 17.9 Å². The van der Waals surface area contributed by atoms with E-state index in [9.17, 15) is 14.4 Å². The molecule has 1 aliphatic rings. The van der Waals surface area contributed by atoms with E-state index in [-0.39, 0.29) is 17.7 Å². The van der Waals surface area contributed by atoms with E-state index in [1.807, 2.05) is 56.3 Å². The third kappa shape index (κ3) is 6.90. The van der Waals surface area contributed by atoms with E-state index < -0.39 is 23.8 Å². The van der Waals surface area contributed by atoms with E-state index in [0.29, 0.717) is 19.5 Å². The molecule has 0 spiro atoms. The van der Waals surface area contributed by atoms with Crippen LogP contribution >= 0.6 is 0 Å². The summed E-state index contributed by atoms with van der Waals surface area (Å²) in [6.45, 7) is 9.81. The first-order chi connectivity index (χ1) is 14.1. The highest BCUT2D eigenvalue weighted by molar-refractivity contribution is 5.92. The number of ether oxygens (including phenoxy) is 1. The maximum absolute atomic E-state index is 13.2. The Morgan fingerprint density at radius 1 is 1.17 bits per heavy atom. The minimum atomic E-state index is -0.776. The van der Waals surface area contributed by atoms with E-state index in [2.05, 4.69) is 10.6 Å². The first-order valence-corrected chi connectivity index (χ1v) is 10.3. The van der Waals surface area contributed by atoms with Crippen LogP contribution in [0.3, 0.4) is 0 Å². The van der Waals surface area contributed by atoms with Crippen LogP contribution in [0, 0.1) is 5.92 Å². The molecule has 0 aromatic heterocycles. The van der Waals surface area contributed by atoms with Gasteiger partial charge in [0.25, 0.3) is 0 Å². The van der Waals surface area contributed by atoms with Gasteiger partial charge in [0.05, 0.1) is 0 Å². The molecule has 2 N–H and O–H groups in total. The minimum absolute atomic E-state index is 0.0987. The molecule has 1 aromatic carbocycles. The Morgan fingerprint density at radius 3 is 2.43 bits per heavy atom. The van der Waals surface area contributed by atoms with Gasteiger partial charge in [0, 0.05) is 13.1 Å². The van der Waals surface area contributed by atoms with Gasteiger partial charge in [-0.3, -0.25) is 9.59 Å². The minimum Gasteiger partial charge on any atom is -0.444 e. The Kier molecular flexibility index (Phi) is 8.03. The number of nitrogens with one attached hydrogen (secondary N) is 2. The van der Waals surface area contributed by atoms with Gasteiger partial charge in [-0.15, -0.1) is 0 Å². The molecular weight excluding hydrogens is 382 g/mol. The number of carbonyl (C=O) groups excluding carboxylic acids is 3. The molecule has 2 unspecified atom stereocenters. The van der Waals surface area contributed by atoms with Gasteiger partial charge in [0.15, 0.2) is 0 Å². The topological polar surface area (TPSA) is 87.7 Å². The molecule has 3 amide bonds. The van der Waals surface area contributed by atoms with E-state index in [4.69, 9.17) is 4.74 Å². The van der Waals surface area contributed by atoms with Gasteiger partial charge in [-0.25, -0.2) is 4.79 Å². The van der Waals surface area contributed by atoms with Crippen LogP contribution in [0.25, 0.3) is 0 Å². The Bertz CT molecular complexity index is 768. The van der Waals surface area contributed by atoms with Crippen molar-refractivity contribution in [1.82, 2.24) is 15.5 Å². The molecule has 2 atom stereocenters. The molecule has 0 saturated heterocycles. The maximum Gasteiger partial charge on any atom is 0.408 e. The van der Waals surface area contributed by atoms with Gasteiger partial charge in [-0.05, 0) is 38.7 Å². The average Bonchev–Trinajstić information content (AvgIpc) is 2.82. The van der Waals surface area contributed by atoms with E-state index in [0.717, 1.165) is 5.56 Å². The second-order valence-corrected chi connectivity index (χ2v) is 8.79. The largest absolute Gasteiger partial charge is 0.444 e. The summed E-state index contributed by atoms with van der Waals surface area (Å²) in [6.07, 6.45) is 3.41. The molecule has 7 heteroatoms. The lowest BCUT2D eigenvalue weighted by atomic mass is 10.00. The number of benzene rings is 1. The lowest BCUT2D eigenvalue weighted by Gasteiger charge is -2.34. The summed E-state index contributed by atoms with van der Waals surface area (Å²) in [5, 5.41) is 5.59. The Morgan fingerprint density at radius 2 is 1.83 bits per heavy atom. The normalized spacial score (nSPS) is 18.0. The van der Waals surface area contributed by atoms with Crippen LogP contribution < -0.4 is 10.6 Å². The van der Waals surface area contributed by atoms with Crippen LogP contribution in [-0.2, 0) is 20.9 Å². The van der Waals surface area contributed by atoms with Crippen LogP contribution in [0.5, 0.6) is 0 Å². The predicted molar refractivity (Wildman–Crippen MR) is 116 cm³/mol. The van der Waals surface area contributed by atoms with Gasteiger partial charge in [0.1, 0.15) is 17.7 Å². The fourth-order valence-corrected chi connectivity index (χ4v) is 3.33. The van der Waals surface area contributed by atoms with Crippen LogP contribution in [-0.4, -0.2) is 47.0 Å². The molecule has 2 rings (SSSR count). The van der Waals surface area contributed by atoms with Crippen LogP contribution in [0.15, 0.2) is 42.5 Å². The number of rotatable bonds is 6. The Hall–Kier alpha value is -2.83. The molecule has 0 radical (unpaired) electrons. The molecule has 1 aliphatic heterocycles. The van der Waals surface area contributed by atoms with Crippen molar-refractivity contribution < 1.29 is 19.1 Å². The van der Waals surface area contributed by atoms with Crippen LogP contribution in [0.1, 0.15) is 46.6 Å². The number of hydrogen-bond acceptors (Lipinski definition) is 4. The number of nitrogens with zero attached hydrogens (tertiary/aromatic N) is 1. The lowest BCUT2D eigenvalue weighted by molar-refractivity contribution is -0.142. The average molecular weight is 416 g/mol. The first-order valence-electron chi connectivity index (χ1n) is 10.3. The number of amides is 3. The quantitative estimate of drug-likeness (QED) is 0.699. The molecule has 0 bridgehead atoms. The molecule has 0 fully saturated rings. The lowest BCUT2D eigenvalue weighted by Crippen LogP contribution is -2.57. The molecule has 1 heterocycles. The summed E-state index contributed by atoms with van der Waals surface area (Å²) >= 11 is 0. The van der Waals surface area contributed by atoms with Crippen molar-refractivity contribution in [3.05, 3.63) is 48.0 Å². The highest BCUT2D eigenvalue weighted by atomic mass is 16.6. The summed E-state index contributed by atoms with van der Waals surface area (Å²) < 4.78 is 5.28. The Labute approximate surface area is 178 Å². The standard InChI is InChI=1S/C23H33N3O4/c1-16(2)19(20(27)24-15-17-11-7-6-8-12-17)26-14-10-9-13-18(21(26)28)25-22(29)30-23(3,4)5/h6-12,16,18-19H,13-15H2,1-5H3,(H,24,27)(H,25,29). The highest BCUT2D eigenvalue weighted by Gasteiger charge is 2.36. The fourth-order valence-electron chi connectivity index (χ4n) is 3.33. The van der Waals surface area contributed by atoms with Crippen molar-refractivity contribution in [3.63, 3.8) is 0 Å². The summed E-state index contributed by atoms with van der Waals surface area (Å²) in [5.41, 5.74) is 0.325. The second kappa shape index (κ2) is 10.3. The van der Waals surface area contributed by atoms with Gasteiger partial charge < -0.3 is 20.3 Å². The summed E-state index contributed by atoms with van der Waals surface area (Å²) in [5.74, 6) is -0.605. The van der Waals surface area contributed by atoms with Crippen molar-refractivity contribution in [3.8, 4) is 0 Å². The smallest absolute Gasteiger partial charge is 0.408 e. The summed E-state index contributed by atoms with van der Waals surface area (Å²) in [7, 11) is 0. The van der Waals surface area contributed by atoms with Crippen LogP contribution in [0.4, 0.5) is 4.79 Å². The van der Waals surface area contributed by atoms with Gasteiger partial charge in [-0.2, -0.15) is 0 Å². The molecule has 0 aliphatic carbocycles. The summed E-state index contributed by atoms with van der Waals surface area (Å²) in [4.78, 5) is 39.9. The van der Waals surface area contributed by atoms with E-state index >= 15 is 0 Å². The second-order valence-electron chi connectivity index (χ2n) is 8.79. The number of carbonyl (C=O) groups is 3. The monoisotopic (exact) mass is 415 g/mol. The van der Waals surface area contributed by atoms with Gasteiger partial charge in [-0.1, -0.05) is 56.3 Å². The predicted octanol–water partition coefficient (Wildman–Crippen LogP) is 3.01. The third-order valence-electron chi connectivity index (χ3n) is 4.66. The molecular formula is C23H33N3O4. The summed E-state index contributed by atoms with van der Waals surface area (Å²) in [6, 6.07) is 8.20. The zero-order valence-corrected chi connectivity index (χ0v) is 18.5. The molecule has 164 valence electrons. The van der Waals surface area contributed by atoms with Crippen molar-refractivity contribution in [2.75, 3.05) is 6.54 Å². The highest BCUT2D eigenvalue weighted by Crippen LogP contribution is 2.18. The van der Waals surface area contributed by atoms with Crippen molar-refractivity contribution in [2.24, 2.45) is 5.92 Å².